The number of fused-ring (bicyclic) bond motifs is 3. The third-order valence-corrected chi connectivity index (χ3v) is 7.38. The number of phenolic OH excluding ortho intramolecular Hbond substituents is 1. The van der Waals surface area contributed by atoms with Crippen molar-refractivity contribution in [1.82, 2.24) is 0 Å². The van der Waals surface area contributed by atoms with Gasteiger partial charge in [-0.05, 0) is 61.9 Å². The maximum absolute atomic E-state index is 11.6. The number of hydrogen-bond donors (Lipinski definition) is 2. The summed E-state index contributed by atoms with van der Waals surface area (Å²) in [6.45, 7) is 10.6. The van der Waals surface area contributed by atoms with Gasteiger partial charge in [0.05, 0.1) is 0 Å². The van der Waals surface area contributed by atoms with E-state index >= 15 is 0 Å². The zero-order valence-electron chi connectivity index (χ0n) is 19.0. The predicted molar refractivity (Wildman–Crippen MR) is 122 cm³/mol. The fraction of sp³-hybridized carbons (Fsp3) is 0.444. The number of carbonyl (C=O) groups is 1. The smallest absolute Gasteiger partial charge is 0.331 e. The lowest BCUT2D eigenvalue weighted by Gasteiger charge is -2.47. The molecule has 164 valence electrons. The highest BCUT2D eigenvalue weighted by Gasteiger charge is 2.47. The molecule has 4 nitrogen and oxygen atoms in total. The molecule has 4 rings (SSSR count). The molecular weight excluding hydrogens is 388 g/mol. The number of aryl methyl sites for hydroxylation is 1. The van der Waals surface area contributed by atoms with E-state index in [0.717, 1.165) is 17.5 Å². The Balaban J connectivity index is 1.79. The first-order chi connectivity index (χ1) is 14.5. The summed E-state index contributed by atoms with van der Waals surface area (Å²) >= 11 is 0. The standard InChI is InChI=1S/C27H32O4/c1-6-16-7-10-18(11-8-16)26(2,3)19-14-22(28)24-20-13-17(25(29)30)9-12-21(20)27(4,5)31-23(24)15-19/h7-11,14-15,20-21,28H,6,12-13H2,1-5H3,(H,29,30)/t20-,21-/m1/s1. The zero-order chi connectivity index (χ0) is 22.6. The van der Waals surface area contributed by atoms with Gasteiger partial charge in [-0.1, -0.05) is 51.1 Å². The van der Waals surface area contributed by atoms with E-state index in [4.69, 9.17) is 4.74 Å². The summed E-state index contributed by atoms with van der Waals surface area (Å²) in [5, 5.41) is 20.6. The Morgan fingerprint density at radius 1 is 1.16 bits per heavy atom. The van der Waals surface area contributed by atoms with E-state index in [9.17, 15) is 15.0 Å². The van der Waals surface area contributed by atoms with Gasteiger partial charge in [-0.2, -0.15) is 0 Å². The Morgan fingerprint density at radius 3 is 2.45 bits per heavy atom. The van der Waals surface area contributed by atoms with Crippen molar-refractivity contribution in [3.8, 4) is 11.5 Å². The molecule has 2 aromatic carbocycles. The van der Waals surface area contributed by atoms with E-state index in [-0.39, 0.29) is 23.0 Å². The monoisotopic (exact) mass is 420 g/mol. The van der Waals surface area contributed by atoms with E-state index in [2.05, 4.69) is 58.9 Å². The zero-order valence-corrected chi connectivity index (χ0v) is 19.0. The number of aromatic hydroxyl groups is 1. The highest BCUT2D eigenvalue weighted by molar-refractivity contribution is 5.87. The molecule has 2 aliphatic rings. The Bertz CT molecular complexity index is 1040. The van der Waals surface area contributed by atoms with Crippen LogP contribution in [0, 0.1) is 5.92 Å². The fourth-order valence-electron chi connectivity index (χ4n) is 5.25. The average molecular weight is 421 g/mol. The summed E-state index contributed by atoms with van der Waals surface area (Å²) in [4.78, 5) is 11.6. The average Bonchev–Trinajstić information content (AvgIpc) is 2.72. The topological polar surface area (TPSA) is 66.8 Å². The first-order valence-electron chi connectivity index (χ1n) is 11.1. The third-order valence-electron chi connectivity index (χ3n) is 7.38. The number of benzene rings is 2. The van der Waals surface area contributed by atoms with E-state index in [1.165, 1.54) is 11.1 Å². The van der Waals surface area contributed by atoms with Crippen molar-refractivity contribution in [3.63, 3.8) is 0 Å². The molecule has 0 radical (unpaired) electrons. The van der Waals surface area contributed by atoms with Crippen LogP contribution in [0.1, 0.15) is 75.6 Å². The fourth-order valence-corrected chi connectivity index (χ4v) is 5.25. The molecule has 2 N–H and O–H groups in total. The maximum Gasteiger partial charge on any atom is 0.331 e. The van der Waals surface area contributed by atoms with Gasteiger partial charge in [-0.15, -0.1) is 0 Å². The third kappa shape index (κ3) is 3.62. The molecule has 0 amide bonds. The lowest BCUT2D eigenvalue weighted by Crippen LogP contribution is -2.46. The van der Waals surface area contributed by atoms with Crippen LogP contribution in [0.3, 0.4) is 0 Å². The first kappa shape index (κ1) is 21.5. The van der Waals surface area contributed by atoms with E-state index in [1.807, 2.05) is 18.2 Å². The first-order valence-corrected chi connectivity index (χ1v) is 11.1. The number of carboxylic acids is 1. The predicted octanol–water partition coefficient (Wildman–Crippen LogP) is 5.96. The largest absolute Gasteiger partial charge is 0.508 e. The summed E-state index contributed by atoms with van der Waals surface area (Å²) in [7, 11) is 0. The molecule has 4 heteroatoms. The molecule has 2 atom stereocenters. The van der Waals surface area contributed by atoms with Gasteiger partial charge < -0.3 is 14.9 Å². The van der Waals surface area contributed by atoms with Crippen LogP contribution in [0.5, 0.6) is 11.5 Å². The number of allylic oxidation sites excluding steroid dienone is 1. The lowest BCUT2D eigenvalue weighted by molar-refractivity contribution is -0.133. The van der Waals surface area contributed by atoms with Gasteiger partial charge in [0.2, 0.25) is 0 Å². The van der Waals surface area contributed by atoms with E-state index < -0.39 is 11.6 Å². The molecule has 2 aromatic rings. The molecule has 0 aromatic heterocycles. The Hall–Kier alpha value is -2.75. The van der Waals surface area contributed by atoms with Gasteiger partial charge in [0.15, 0.2) is 0 Å². The lowest BCUT2D eigenvalue weighted by atomic mass is 9.66. The van der Waals surface area contributed by atoms with Gasteiger partial charge in [-0.25, -0.2) is 4.79 Å². The van der Waals surface area contributed by atoms with Crippen LogP contribution in [-0.4, -0.2) is 21.8 Å². The van der Waals surface area contributed by atoms with Crippen molar-refractivity contribution in [3.05, 3.63) is 70.3 Å². The normalized spacial score (nSPS) is 22.0. The summed E-state index contributed by atoms with van der Waals surface area (Å²) in [5.74, 6) is 0.0383. The minimum absolute atomic E-state index is 0.0733. The van der Waals surface area contributed by atoms with E-state index in [1.54, 1.807) is 0 Å². The van der Waals surface area contributed by atoms with Crippen LogP contribution in [-0.2, 0) is 16.6 Å². The number of ether oxygens (including phenoxy) is 1. The van der Waals surface area contributed by atoms with Crippen LogP contribution in [0.4, 0.5) is 0 Å². The van der Waals surface area contributed by atoms with Crippen molar-refractivity contribution in [2.45, 2.75) is 70.8 Å². The second-order valence-corrected chi connectivity index (χ2v) is 9.98. The molecule has 31 heavy (non-hydrogen) atoms. The summed E-state index contributed by atoms with van der Waals surface area (Å²) < 4.78 is 6.44. The van der Waals surface area contributed by atoms with Crippen LogP contribution in [0.2, 0.25) is 0 Å². The van der Waals surface area contributed by atoms with Crippen molar-refractivity contribution in [2.75, 3.05) is 0 Å². The second-order valence-electron chi connectivity index (χ2n) is 9.98. The van der Waals surface area contributed by atoms with E-state index in [0.29, 0.717) is 24.2 Å². The van der Waals surface area contributed by atoms with Gasteiger partial charge in [0, 0.05) is 28.4 Å². The SMILES string of the molecule is CCc1ccc(C(C)(C)c2cc(O)c3c(c2)OC(C)(C)[C@@H]2CC=C(C(=O)O)C[C@@H]32)cc1. The Labute approximate surface area is 184 Å². The number of carboxylic acid groups (broad SMARTS) is 1. The van der Waals surface area contributed by atoms with Crippen LogP contribution in [0.25, 0.3) is 0 Å². The number of rotatable bonds is 4. The van der Waals surface area contributed by atoms with Crippen molar-refractivity contribution in [1.29, 1.82) is 0 Å². The van der Waals surface area contributed by atoms with Crippen LogP contribution in [0.15, 0.2) is 48.0 Å². The summed E-state index contributed by atoms with van der Waals surface area (Å²) in [6, 6.07) is 12.5. The van der Waals surface area contributed by atoms with Gasteiger partial charge in [0.25, 0.3) is 0 Å². The maximum atomic E-state index is 11.6. The van der Waals surface area contributed by atoms with Gasteiger partial charge in [0.1, 0.15) is 17.1 Å². The highest BCUT2D eigenvalue weighted by Crippen LogP contribution is 2.55. The Morgan fingerprint density at radius 2 is 1.84 bits per heavy atom. The molecule has 0 spiro atoms. The molecule has 0 bridgehead atoms. The minimum Gasteiger partial charge on any atom is -0.508 e. The number of aliphatic carboxylic acids is 1. The second kappa shape index (κ2) is 7.44. The van der Waals surface area contributed by atoms with Crippen molar-refractivity contribution >= 4 is 5.97 Å². The summed E-state index contributed by atoms with van der Waals surface area (Å²) in [5.41, 5.74) is 3.85. The van der Waals surface area contributed by atoms with Gasteiger partial charge >= 0.3 is 5.97 Å². The number of phenols is 1. The Kier molecular flexibility index (Phi) is 5.15. The molecule has 1 aliphatic carbocycles. The van der Waals surface area contributed by atoms with Gasteiger partial charge in [-0.3, -0.25) is 0 Å². The van der Waals surface area contributed by atoms with Crippen molar-refractivity contribution < 1.29 is 19.7 Å². The molecule has 0 fully saturated rings. The van der Waals surface area contributed by atoms with Crippen LogP contribution < -0.4 is 4.74 Å². The summed E-state index contributed by atoms with van der Waals surface area (Å²) in [6.07, 6.45) is 3.86. The molecule has 1 heterocycles. The quantitative estimate of drug-likeness (QED) is 0.641. The minimum atomic E-state index is -0.878. The molecule has 0 unspecified atom stereocenters. The molecular formula is C27H32O4. The molecule has 1 aliphatic heterocycles. The molecule has 0 saturated carbocycles. The number of hydrogen-bond acceptors (Lipinski definition) is 3. The van der Waals surface area contributed by atoms with Crippen molar-refractivity contribution in [2.24, 2.45) is 5.92 Å². The van der Waals surface area contributed by atoms with Crippen LogP contribution >= 0.6 is 0 Å². The highest BCUT2D eigenvalue weighted by atomic mass is 16.5. The molecule has 0 saturated heterocycles.